The lowest BCUT2D eigenvalue weighted by molar-refractivity contribution is 0.172. The molecule has 1 atom stereocenters. The molecule has 0 aliphatic carbocycles. The maximum absolute atomic E-state index is 5.88. The van der Waals surface area contributed by atoms with Gasteiger partial charge in [-0.1, -0.05) is 30.3 Å². The van der Waals surface area contributed by atoms with E-state index in [1.807, 2.05) is 35.3 Å². The first-order chi connectivity index (χ1) is 8.29. The largest absolute Gasteiger partial charge is 0.383 e. The summed E-state index contributed by atoms with van der Waals surface area (Å²) in [4.78, 5) is 0. The lowest BCUT2D eigenvalue weighted by atomic mass is 10.1. The SMILES string of the molecule is COCC(N)Cn1cc(-c2ccccc2)cn1. The maximum atomic E-state index is 5.88. The van der Waals surface area contributed by atoms with Crippen molar-refractivity contribution < 1.29 is 4.74 Å². The van der Waals surface area contributed by atoms with Crippen LogP contribution in [0.5, 0.6) is 0 Å². The van der Waals surface area contributed by atoms with Crippen molar-refractivity contribution in [2.75, 3.05) is 13.7 Å². The number of aromatic nitrogens is 2. The first-order valence-corrected chi connectivity index (χ1v) is 5.62. The summed E-state index contributed by atoms with van der Waals surface area (Å²) in [6, 6.07) is 10.1. The third kappa shape index (κ3) is 3.15. The van der Waals surface area contributed by atoms with Crippen LogP contribution in [0.3, 0.4) is 0 Å². The van der Waals surface area contributed by atoms with Crippen LogP contribution in [0.1, 0.15) is 0 Å². The van der Waals surface area contributed by atoms with Gasteiger partial charge in [0.2, 0.25) is 0 Å². The summed E-state index contributed by atoms with van der Waals surface area (Å²) in [5.41, 5.74) is 8.15. The maximum Gasteiger partial charge on any atom is 0.0631 e. The summed E-state index contributed by atoms with van der Waals surface area (Å²) < 4.78 is 6.85. The van der Waals surface area contributed by atoms with Crippen LogP contribution in [0, 0.1) is 0 Å². The first-order valence-electron chi connectivity index (χ1n) is 5.62. The van der Waals surface area contributed by atoms with Gasteiger partial charge in [-0.3, -0.25) is 4.68 Å². The molecule has 0 amide bonds. The molecule has 1 aromatic carbocycles. The third-order valence-electron chi connectivity index (χ3n) is 2.54. The van der Waals surface area contributed by atoms with Gasteiger partial charge in [-0.05, 0) is 5.56 Å². The molecule has 0 aliphatic rings. The molecule has 2 aromatic rings. The minimum absolute atomic E-state index is 0.0245. The van der Waals surface area contributed by atoms with E-state index in [0.29, 0.717) is 13.2 Å². The van der Waals surface area contributed by atoms with Crippen LogP contribution in [0.15, 0.2) is 42.7 Å². The molecule has 0 radical (unpaired) electrons. The minimum Gasteiger partial charge on any atom is -0.383 e. The molecule has 0 bridgehead atoms. The van der Waals surface area contributed by atoms with Gasteiger partial charge in [0.25, 0.3) is 0 Å². The summed E-state index contributed by atoms with van der Waals surface area (Å²) in [5.74, 6) is 0. The Morgan fingerprint density at radius 2 is 2.06 bits per heavy atom. The van der Waals surface area contributed by atoms with Crippen molar-refractivity contribution in [1.29, 1.82) is 0 Å². The lowest BCUT2D eigenvalue weighted by Gasteiger charge is -2.09. The van der Waals surface area contributed by atoms with E-state index in [4.69, 9.17) is 10.5 Å². The topological polar surface area (TPSA) is 53.1 Å². The molecule has 2 N–H and O–H groups in total. The van der Waals surface area contributed by atoms with Crippen LogP contribution >= 0.6 is 0 Å². The molecule has 17 heavy (non-hydrogen) atoms. The molecule has 4 heteroatoms. The van der Waals surface area contributed by atoms with Crippen LogP contribution in [0.25, 0.3) is 11.1 Å². The van der Waals surface area contributed by atoms with Gasteiger partial charge >= 0.3 is 0 Å². The van der Waals surface area contributed by atoms with Crippen molar-refractivity contribution >= 4 is 0 Å². The van der Waals surface area contributed by atoms with Crippen LogP contribution in [0.4, 0.5) is 0 Å². The summed E-state index contributed by atoms with van der Waals surface area (Å²) >= 11 is 0. The second kappa shape index (κ2) is 5.61. The van der Waals surface area contributed by atoms with Crippen LogP contribution in [0.2, 0.25) is 0 Å². The Kier molecular flexibility index (Phi) is 3.90. The molecule has 2 rings (SSSR count). The highest BCUT2D eigenvalue weighted by Gasteiger charge is 2.05. The number of benzene rings is 1. The van der Waals surface area contributed by atoms with Gasteiger partial charge in [0.05, 0.1) is 19.3 Å². The smallest absolute Gasteiger partial charge is 0.0631 e. The average molecular weight is 231 g/mol. The Hall–Kier alpha value is -1.65. The molecule has 1 unspecified atom stereocenters. The zero-order chi connectivity index (χ0) is 12.1. The van der Waals surface area contributed by atoms with E-state index in [1.165, 1.54) is 5.56 Å². The van der Waals surface area contributed by atoms with Gasteiger partial charge in [0, 0.05) is 24.9 Å². The summed E-state index contributed by atoms with van der Waals surface area (Å²) in [6.45, 7) is 1.21. The quantitative estimate of drug-likeness (QED) is 0.849. The molecule has 0 saturated carbocycles. The fourth-order valence-electron chi connectivity index (χ4n) is 1.75. The second-order valence-electron chi connectivity index (χ2n) is 4.03. The van der Waals surface area contributed by atoms with Crippen LogP contribution in [-0.2, 0) is 11.3 Å². The number of methoxy groups -OCH3 is 1. The molecular weight excluding hydrogens is 214 g/mol. The molecule has 0 spiro atoms. The molecule has 1 heterocycles. The first kappa shape index (κ1) is 11.8. The normalized spacial score (nSPS) is 12.6. The Balaban J connectivity index is 2.06. The number of nitrogens with zero attached hydrogens (tertiary/aromatic N) is 2. The second-order valence-corrected chi connectivity index (χ2v) is 4.03. The van der Waals surface area contributed by atoms with Gasteiger partial charge in [0.1, 0.15) is 0 Å². The highest BCUT2D eigenvalue weighted by atomic mass is 16.5. The lowest BCUT2D eigenvalue weighted by Crippen LogP contribution is -2.30. The molecule has 0 fully saturated rings. The highest BCUT2D eigenvalue weighted by Crippen LogP contribution is 2.17. The number of hydrogen-bond acceptors (Lipinski definition) is 3. The van der Waals surface area contributed by atoms with E-state index in [1.54, 1.807) is 7.11 Å². The number of nitrogens with two attached hydrogens (primary N) is 1. The predicted molar refractivity (Wildman–Crippen MR) is 67.5 cm³/mol. The van der Waals surface area contributed by atoms with Gasteiger partial charge in [-0.15, -0.1) is 0 Å². The van der Waals surface area contributed by atoms with E-state index in [2.05, 4.69) is 17.2 Å². The predicted octanol–water partition coefficient (Wildman–Crippen LogP) is 1.52. The van der Waals surface area contributed by atoms with Crippen molar-refractivity contribution in [3.8, 4) is 11.1 Å². The zero-order valence-electron chi connectivity index (χ0n) is 9.91. The van der Waals surface area contributed by atoms with Gasteiger partial charge in [0.15, 0.2) is 0 Å². The van der Waals surface area contributed by atoms with E-state index < -0.39 is 0 Å². The fourth-order valence-corrected chi connectivity index (χ4v) is 1.75. The summed E-state index contributed by atoms with van der Waals surface area (Å²) in [6.07, 6.45) is 3.86. The van der Waals surface area contributed by atoms with Gasteiger partial charge < -0.3 is 10.5 Å². The Morgan fingerprint density at radius 1 is 1.29 bits per heavy atom. The van der Waals surface area contributed by atoms with E-state index >= 15 is 0 Å². The minimum atomic E-state index is -0.0245. The fraction of sp³-hybridized carbons (Fsp3) is 0.308. The molecule has 0 aliphatic heterocycles. The Labute approximate surface area is 101 Å². The Bertz CT molecular complexity index is 453. The average Bonchev–Trinajstić information content (AvgIpc) is 2.79. The molecule has 0 saturated heterocycles. The van der Waals surface area contributed by atoms with E-state index in [9.17, 15) is 0 Å². The molecular formula is C13H17N3O. The summed E-state index contributed by atoms with van der Waals surface area (Å²) in [5, 5.41) is 4.30. The van der Waals surface area contributed by atoms with Crippen molar-refractivity contribution in [2.24, 2.45) is 5.73 Å². The van der Waals surface area contributed by atoms with Gasteiger partial charge in [-0.2, -0.15) is 5.10 Å². The van der Waals surface area contributed by atoms with E-state index in [0.717, 1.165) is 5.56 Å². The highest BCUT2D eigenvalue weighted by molar-refractivity contribution is 5.61. The van der Waals surface area contributed by atoms with Crippen LogP contribution < -0.4 is 5.73 Å². The standard InChI is InChI=1S/C13H17N3O/c1-17-10-13(14)9-16-8-12(7-15-16)11-5-3-2-4-6-11/h2-8,13H,9-10,14H2,1H3. The molecule has 90 valence electrons. The van der Waals surface area contributed by atoms with Crippen molar-refractivity contribution in [3.05, 3.63) is 42.7 Å². The Morgan fingerprint density at radius 3 is 2.76 bits per heavy atom. The monoisotopic (exact) mass is 231 g/mol. The van der Waals surface area contributed by atoms with Crippen molar-refractivity contribution in [3.63, 3.8) is 0 Å². The van der Waals surface area contributed by atoms with Crippen molar-refractivity contribution in [1.82, 2.24) is 9.78 Å². The van der Waals surface area contributed by atoms with Crippen molar-refractivity contribution in [2.45, 2.75) is 12.6 Å². The summed E-state index contributed by atoms with van der Waals surface area (Å²) in [7, 11) is 1.65. The number of ether oxygens (including phenoxy) is 1. The van der Waals surface area contributed by atoms with Gasteiger partial charge in [-0.25, -0.2) is 0 Å². The molecule has 1 aromatic heterocycles. The number of rotatable bonds is 5. The molecule has 4 nitrogen and oxygen atoms in total. The third-order valence-corrected chi connectivity index (χ3v) is 2.54. The van der Waals surface area contributed by atoms with E-state index in [-0.39, 0.29) is 6.04 Å². The van der Waals surface area contributed by atoms with Crippen LogP contribution in [-0.4, -0.2) is 29.5 Å². The number of hydrogen-bond donors (Lipinski definition) is 1. The zero-order valence-corrected chi connectivity index (χ0v) is 9.91.